The molecule has 0 spiro atoms. The Balaban J connectivity index is 2.05. The summed E-state index contributed by atoms with van der Waals surface area (Å²) in [7, 11) is -9.69. The number of hydrogen-bond donors (Lipinski definition) is 1. The van der Waals surface area contributed by atoms with Crippen molar-refractivity contribution < 1.29 is 28.6 Å². The van der Waals surface area contributed by atoms with Crippen LogP contribution in [-0.4, -0.2) is 5.91 Å². The van der Waals surface area contributed by atoms with Gasteiger partial charge in [0.15, 0.2) is 0 Å². The number of hydrogen-bond acceptors (Lipinski definition) is 1. The number of carbonyl (C=O) groups excluding carboxylic acids is 1. The lowest BCUT2D eigenvalue weighted by molar-refractivity contribution is 0.0950. The predicted molar refractivity (Wildman–Crippen MR) is 75.4 cm³/mol. The standard InChI is InChI=1S/C14H11F6NOS/c15-12-5-3-11(4-6-12)14(22)21-9-10-1-7-13(8-2-10)23(16,17,18,19)20/h1-8H,9H2,(H,21,22). The van der Waals surface area contributed by atoms with Crippen LogP contribution in [0.1, 0.15) is 15.9 Å². The molecule has 2 nitrogen and oxygen atoms in total. The van der Waals surface area contributed by atoms with E-state index in [4.69, 9.17) is 0 Å². The van der Waals surface area contributed by atoms with Crippen molar-refractivity contribution in [3.05, 3.63) is 65.5 Å². The van der Waals surface area contributed by atoms with Crippen molar-refractivity contribution in [3.8, 4) is 0 Å². The van der Waals surface area contributed by atoms with Crippen molar-refractivity contribution in [1.29, 1.82) is 0 Å². The lowest BCUT2D eigenvalue weighted by Crippen LogP contribution is -2.22. The molecule has 0 atom stereocenters. The van der Waals surface area contributed by atoms with E-state index < -0.39 is 26.8 Å². The van der Waals surface area contributed by atoms with Crippen LogP contribution in [-0.2, 0) is 6.54 Å². The van der Waals surface area contributed by atoms with Gasteiger partial charge in [-0.1, -0.05) is 31.6 Å². The molecule has 1 amide bonds. The summed E-state index contributed by atoms with van der Waals surface area (Å²) in [6.07, 6.45) is 0. The molecule has 1 N–H and O–H groups in total. The molecule has 0 fully saturated rings. The van der Waals surface area contributed by atoms with E-state index in [0.717, 1.165) is 24.3 Å². The fourth-order valence-electron chi connectivity index (χ4n) is 1.75. The van der Waals surface area contributed by atoms with Gasteiger partial charge in [0.2, 0.25) is 0 Å². The Bertz CT molecular complexity index is 725. The van der Waals surface area contributed by atoms with Crippen LogP contribution < -0.4 is 5.32 Å². The molecule has 0 saturated heterocycles. The third kappa shape index (κ3) is 4.65. The Morgan fingerprint density at radius 3 is 1.87 bits per heavy atom. The fourth-order valence-corrected chi connectivity index (χ4v) is 2.40. The lowest BCUT2D eigenvalue weighted by atomic mass is 10.2. The fraction of sp³-hybridized carbons (Fsp3) is 0.0714. The summed E-state index contributed by atoms with van der Waals surface area (Å²) in [6.45, 7) is -0.156. The molecule has 0 saturated carbocycles. The zero-order valence-electron chi connectivity index (χ0n) is 11.4. The Kier molecular flexibility index (Phi) is 3.68. The summed E-state index contributed by atoms with van der Waals surface area (Å²) in [5.41, 5.74) is 0.376. The first-order valence-corrected chi connectivity index (χ1v) is 8.17. The van der Waals surface area contributed by atoms with Crippen molar-refractivity contribution in [2.24, 2.45) is 0 Å². The first kappa shape index (κ1) is 17.2. The maximum absolute atomic E-state index is 12.7. The molecular weight excluding hydrogens is 344 g/mol. The lowest BCUT2D eigenvalue weighted by Gasteiger charge is -2.40. The highest BCUT2D eigenvalue weighted by atomic mass is 32.5. The smallest absolute Gasteiger partial charge is 0.310 e. The van der Waals surface area contributed by atoms with E-state index in [1.165, 1.54) is 12.1 Å². The van der Waals surface area contributed by atoms with Gasteiger partial charge in [-0.2, -0.15) is 0 Å². The molecule has 0 aliphatic carbocycles. The first-order chi connectivity index (χ1) is 10.3. The maximum Gasteiger partial charge on any atom is 0.310 e. The minimum atomic E-state index is -9.69. The molecule has 126 valence electrons. The van der Waals surface area contributed by atoms with Crippen molar-refractivity contribution in [3.63, 3.8) is 0 Å². The van der Waals surface area contributed by atoms with Crippen LogP contribution in [0.3, 0.4) is 0 Å². The van der Waals surface area contributed by atoms with Gasteiger partial charge < -0.3 is 5.32 Å². The van der Waals surface area contributed by atoms with Crippen molar-refractivity contribution >= 4 is 16.1 Å². The zero-order chi connectivity index (χ0) is 17.4. The Morgan fingerprint density at radius 1 is 0.870 bits per heavy atom. The second-order valence-electron chi connectivity index (χ2n) is 4.80. The molecule has 0 bridgehead atoms. The topological polar surface area (TPSA) is 29.1 Å². The second kappa shape index (κ2) is 4.92. The van der Waals surface area contributed by atoms with Crippen LogP contribution in [0.4, 0.5) is 23.8 Å². The largest absolute Gasteiger partial charge is 0.348 e. The SMILES string of the molecule is O=C(NCc1ccc(S(F)(F)(F)(F)F)cc1)c1ccc(F)cc1. The van der Waals surface area contributed by atoms with Crippen LogP contribution in [0.15, 0.2) is 53.4 Å². The molecule has 2 aromatic rings. The minimum absolute atomic E-state index is 0.156. The summed E-state index contributed by atoms with van der Waals surface area (Å²) < 4.78 is 75.4. The van der Waals surface area contributed by atoms with E-state index in [1.807, 2.05) is 0 Å². The first-order valence-electron chi connectivity index (χ1n) is 6.22. The van der Waals surface area contributed by atoms with Crippen LogP contribution in [0.25, 0.3) is 0 Å². The van der Waals surface area contributed by atoms with E-state index in [9.17, 15) is 28.6 Å². The maximum atomic E-state index is 12.7. The molecule has 0 heterocycles. The third-order valence-electron chi connectivity index (χ3n) is 2.93. The van der Waals surface area contributed by atoms with Crippen molar-refractivity contribution in [2.75, 3.05) is 0 Å². The summed E-state index contributed by atoms with van der Waals surface area (Å²) >= 11 is 0. The van der Waals surface area contributed by atoms with Gasteiger partial charge in [-0.05, 0) is 42.0 Å². The highest BCUT2D eigenvalue weighted by Crippen LogP contribution is 3.02. The second-order valence-corrected chi connectivity index (χ2v) is 7.21. The van der Waals surface area contributed by atoms with E-state index in [1.54, 1.807) is 0 Å². The molecule has 0 radical (unpaired) electrons. The highest BCUT2D eigenvalue weighted by molar-refractivity contribution is 8.45. The molecule has 0 aliphatic rings. The van der Waals surface area contributed by atoms with Gasteiger partial charge >= 0.3 is 10.2 Å². The normalized spacial score (nSPS) is 14.7. The number of rotatable bonds is 4. The van der Waals surface area contributed by atoms with Gasteiger partial charge in [-0.3, -0.25) is 4.79 Å². The van der Waals surface area contributed by atoms with E-state index in [-0.39, 0.29) is 29.8 Å². The predicted octanol–water partition coefficient (Wildman–Crippen LogP) is 5.41. The molecule has 2 rings (SSSR count). The molecule has 9 heteroatoms. The van der Waals surface area contributed by atoms with Crippen LogP contribution in [0, 0.1) is 5.82 Å². The average Bonchev–Trinajstić information content (AvgIpc) is 2.43. The van der Waals surface area contributed by atoms with Gasteiger partial charge in [0.1, 0.15) is 10.7 Å². The number of carbonyl (C=O) groups is 1. The molecule has 0 unspecified atom stereocenters. The number of benzene rings is 2. The highest BCUT2D eigenvalue weighted by Gasteiger charge is 2.65. The number of halogens is 6. The average molecular weight is 355 g/mol. The number of nitrogens with one attached hydrogen (secondary N) is 1. The van der Waals surface area contributed by atoms with Gasteiger partial charge in [0.05, 0.1) is 0 Å². The van der Waals surface area contributed by atoms with Gasteiger partial charge in [0.25, 0.3) is 5.91 Å². The summed E-state index contributed by atoms with van der Waals surface area (Å²) in [5.74, 6) is -1.09. The van der Waals surface area contributed by atoms with E-state index in [0.29, 0.717) is 0 Å². The van der Waals surface area contributed by atoms with Gasteiger partial charge in [-0.15, -0.1) is 0 Å². The van der Waals surface area contributed by atoms with Gasteiger partial charge in [0, 0.05) is 12.1 Å². The van der Waals surface area contributed by atoms with Crippen molar-refractivity contribution in [2.45, 2.75) is 11.4 Å². The molecule has 23 heavy (non-hydrogen) atoms. The van der Waals surface area contributed by atoms with Crippen molar-refractivity contribution in [1.82, 2.24) is 5.32 Å². The van der Waals surface area contributed by atoms with Crippen LogP contribution in [0.2, 0.25) is 0 Å². The Labute approximate surface area is 127 Å². The third-order valence-corrected chi connectivity index (χ3v) is 4.09. The Morgan fingerprint density at radius 2 is 1.39 bits per heavy atom. The summed E-state index contributed by atoms with van der Waals surface area (Å²) in [6, 6.07) is 6.92. The van der Waals surface area contributed by atoms with E-state index in [2.05, 4.69) is 5.32 Å². The monoisotopic (exact) mass is 355 g/mol. The van der Waals surface area contributed by atoms with Crippen LogP contribution >= 0.6 is 10.2 Å². The zero-order valence-corrected chi connectivity index (χ0v) is 12.2. The molecule has 0 aliphatic heterocycles. The summed E-state index contributed by atoms with van der Waals surface area (Å²) in [5, 5.41) is 2.39. The van der Waals surface area contributed by atoms with Gasteiger partial charge in [-0.25, -0.2) is 4.39 Å². The number of amides is 1. The molecule has 2 aromatic carbocycles. The van der Waals surface area contributed by atoms with E-state index >= 15 is 0 Å². The molecular formula is C14H11F6NOS. The summed E-state index contributed by atoms with van der Waals surface area (Å²) in [4.78, 5) is 9.74. The quantitative estimate of drug-likeness (QED) is 0.730. The molecule has 0 aromatic heterocycles. The Hall–Kier alpha value is -2.16. The minimum Gasteiger partial charge on any atom is -0.348 e. The van der Waals surface area contributed by atoms with Crippen LogP contribution in [0.5, 0.6) is 0 Å².